The van der Waals surface area contributed by atoms with Gasteiger partial charge in [-0.05, 0) is 60.6 Å². The fourth-order valence-electron chi connectivity index (χ4n) is 4.25. The molecular formula is C26H28ClN3O3S. The molecule has 34 heavy (non-hydrogen) atoms. The van der Waals surface area contributed by atoms with Crippen molar-refractivity contribution in [3.63, 3.8) is 0 Å². The molecule has 4 rings (SSSR count). The molecule has 6 nitrogen and oxygen atoms in total. The second-order valence-electron chi connectivity index (χ2n) is 8.60. The van der Waals surface area contributed by atoms with Crippen LogP contribution in [-0.4, -0.2) is 48.1 Å². The van der Waals surface area contributed by atoms with Gasteiger partial charge >= 0.3 is 0 Å². The average molecular weight is 498 g/mol. The number of benzene rings is 2. The highest BCUT2D eigenvalue weighted by molar-refractivity contribution is 7.89. The zero-order chi connectivity index (χ0) is 24.0. The van der Waals surface area contributed by atoms with Gasteiger partial charge in [0.25, 0.3) is 0 Å². The molecule has 0 spiro atoms. The van der Waals surface area contributed by atoms with Crippen LogP contribution in [0.3, 0.4) is 0 Å². The maximum Gasteiger partial charge on any atom is 0.245 e. The fraction of sp³-hybridized carbons (Fsp3) is 0.308. The van der Waals surface area contributed by atoms with Crippen LogP contribution in [0, 0.1) is 5.92 Å². The SMILES string of the molecule is O=C(CN(Cc1ccc(Cl)cc1)S(=O)(=O)c1cccnc1)N1CCC(Cc2ccccc2)CC1. The van der Waals surface area contributed by atoms with Crippen LogP contribution in [0.25, 0.3) is 0 Å². The molecule has 0 bridgehead atoms. The molecule has 178 valence electrons. The first-order chi connectivity index (χ1) is 16.4. The van der Waals surface area contributed by atoms with E-state index in [0.29, 0.717) is 24.0 Å². The van der Waals surface area contributed by atoms with Crippen molar-refractivity contribution in [1.82, 2.24) is 14.2 Å². The number of rotatable bonds is 8. The van der Waals surface area contributed by atoms with Crippen molar-refractivity contribution in [3.05, 3.63) is 95.3 Å². The number of piperidine rings is 1. The molecule has 8 heteroatoms. The number of pyridine rings is 1. The summed E-state index contributed by atoms with van der Waals surface area (Å²) < 4.78 is 28.0. The first-order valence-corrected chi connectivity index (χ1v) is 13.2. The number of likely N-dealkylation sites (tertiary alicyclic amines) is 1. The van der Waals surface area contributed by atoms with E-state index in [0.717, 1.165) is 24.8 Å². The smallest absolute Gasteiger partial charge is 0.245 e. The Morgan fingerprint density at radius 1 is 0.971 bits per heavy atom. The normalized spacial score (nSPS) is 14.9. The summed E-state index contributed by atoms with van der Waals surface area (Å²) in [5.41, 5.74) is 2.07. The Balaban J connectivity index is 1.44. The number of aromatic nitrogens is 1. The van der Waals surface area contributed by atoms with Crippen molar-refractivity contribution in [2.24, 2.45) is 5.92 Å². The molecule has 0 atom stereocenters. The number of amides is 1. The van der Waals surface area contributed by atoms with Crippen LogP contribution >= 0.6 is 11.6 Å². The quantitative estimate of drug-likeness (QED) is 0.462. The molecule has 3 aromatic rings. The van der Waals surface area contributed by atoms with E-state index < -0.39 is 10.0 Å². The zero-order valence-corrected chi connectivity index (χ0v) is 20.5. The molecule has 2 aromatic carbocycles. The molecule has 0 radical (unpaired) electrons. The van der Waals surface area contributed by atoms with E-state index in [4.69, 9.17) is 11.6 Å². The molecule has 1 aromatic heterocycles. The van der Waals surface area contributed by atoms with Crippen LogP contribution in [-0.2, 0) is 27.8 Å². The van der Waals surface area contributed by atoms with E-state index in [1.54, 1.807) is 35.2 Å². The second kappa shape index (κ2) is 11.1. The molecule has 1 aliphatic rings. The van der Waals surface area contributed by atoms with E-state index in [2.05, 4.69) is 17.1 Å². The van der Waals surface area contributed by atoms with Gasteiger partial charge in [-0.2, -0.15) is 4.31 Å². The number of carbonyl (C=O) groups excluding carboxylic acids is 1. The first-order valence-electron chi connectivity index (χ1n) is 11.4. The fourth-order valence-corrected chi connectivity index (χ4v) is 5.72. The molecule has 1 aliphatic heterocycles. The van der Waals surface area contributed by atoms with Gasteiger partial charge in [-0.3, -0.25) is 9.78 Å². The Labute approximate surface area is 206 Å². The van der Waals surface area contributed by atoms with E-state index in [1.807, 2.05) is 18.2 Å². The third kappa shape index (κ3) is 6.23. The Morgan fingerprint density at radius 3 is 2.32 bits per heavy atom. The molecule has 0 unspecified atom stereocenters. The number of carbonyl (C=O) groups is 1. The zero-order valence-electron chi connectivity index (χ0n) is 18.9. The summed E-state index contributed by atoms with van der Waals surface area (Å²) in [5.74, 6) is 0.343. The molecule has 1 saturated heterocycles. The van der Waals surface area contributed by atoms with Crippen LogP contribution in [0.15, 0.2) is 84.0 Å². The lowest BCUT2D eigenvalue weighted by Crippen LogP contribution is -2.45. The van der Waals surface area contributed by atoms with Gasteiger partial charge in [-0.25, -0.2) is 8.42 Å². The summed E-state index contributed by atoms with van der Waals surface area (Å²) >= 11 is 5.98. The molecule has 1 amide bonds. The van der Waals surface area contributed by atoms with Crippen LogP contribution < -0.4 is 0 Å². The maximum atomic E-state index is 13.4. The van der Waals surface area contributed by atoms with Gasteiger partial charge < -0.3 is 4.90 Å². The highest BCUT2D eigenvalue weighted by atomic mass is 35.5. The largest absolute Gasteiger partial charge is 0.342 e. The van der Waals surface area contributed by atoms with Gasteiger partial charge in [-0.1, -0.05) is 54.1 Å². The predicted octanol–water partition coefficient (Wildman–Crippen LogP) is 4.41. The molecular weight excluding hydrogens is 470 g/mol. The summed E-state index contributed by atoms with van der Waals surface area (Å²) in [7, 11) is -3.90. The van der Waals surface area contributed by atoms with Crippen LogP contribution in [0.4, 0.5) is 0 Å². The number of hydrogen-bond donors (Lipinski definition) is 0. The van der Waals surface area contributed by atoms with Gasteiger partial charge in [0.2, 0.25) is 15.9 Å². The molecule has 1 fully saturated rings. The number of nitrogens with zero attached hydrogens (tertiary/aromatic N) is 3. The number of halogens is 1. The van der Waals surface area contributed by atoms with Crippen molar-refractivity contribution in [2.45, 2.75) is 30.7 Å². The van der Waals surface area contributed by atoms with Gasteiger partial charge in [-0.15, -0.1) is 0 Å². The van der Waals surface area contributed by atoms with Crippen molar-refractivity contribution < 1.29 is 13.2 Å². The van der Waals surface area contributed by atoms with Crippen molar-refractivity contribution in [2.75, 3.05) is 19.6 Å². The summed E-state index contributed by atoms with van der Waals surface area (Å²) in [6.07, 6.45) is 5.65. The average Bonchev–Trinajstić information content (AvgIpc) is 2.86. The summed E-state index contributed by atoms with van der Waals surface area (Å²) in [6.45, 7) is 1.13. The van der Waals surface area contributed by atoms with Crippen LogP contribution in [0.1, 0.15) is 24.0 Å². The third-order valence-electron chi connectivity index (χ3n) is 6.19. The van der Waals surface area contributed by atoms with Crippen molar-refractivity contribution in [3.8, 4) is 0 Å². The van der Waals surface area contributed by atoms with Crippen LogP contribution in [0.5, 0.6) is 0 Å². The van der Waals surface area contributed by atoms with E-state index in [-0.39, 0.29) is 23.9 Å². The van der Waals surface area contributed by atoms with Crippen molar-refractivity contribution in [1.29, 1.82) is 0 Å². The van der Waals surface area contributed by atoms with Gasteiger partial charge in [0.05, 0.1) is 6.54 Å². The van der Waals surface area contributed by atoms with Gasteiger partial charge in [0, 0.05) is 37.1 Å². The molecule has 0 saturated carbocycles. The van der Waals surface area contributed by atoms with Crippen LogP contribution in [0.2, 0.25) is 5.02 Å². The summed E-state index contributed by atoms with van der Waals surface area (Å²) in [6, 6.07) is 20.4. The number of hydrogen-bond acceptors (Lipinski definition) is 4. The summed E-state index contributed by atoms with van der Waals surface area (Å²) in [4.78, 5) is 19.0. The van der Waals surface area contributed by atoms with E-state index >= 15 is 0 Å². The number of sulfonamides is 1. The lowest BCUT2D eigenvalue weighted by Gasteiger charge is -2.33. The monoisotopic (exact) mass is 497 g/mol. The predicted molar refractivity (Wildman–Crippen MR) is 133 cm³/mol. The maximum absolute atomic E-state index is 13.4. The Hall–Kier alpha value is -2.74. The third-order valence-corrected chi connectivity index (χ3v) is 8.22. The second-order valence-corrected chi connectivity index (χ2v) is 11.0. The summed E-state index contributed by atoms with van der Waals surface area (Å²) in [5, 5.41) is 0.569. The van der Waals surface area contributed by atoms with E-state index in [1.165, 1.54) is 28.3 Å². The Kier molecular flexibility index (Phi) is 7.98. The van der Waals surface area contributed by atoms with Gasteiger partial charge in [0.1, 0.15) is 4.90 Å². The highest BCUT2D eigenvalue weighted by Gasteiger charge is 2.30. The lowest BCUT2D eigenvalue weighted by atomic mass is 9.90. The highest BCUT2D eigenvalue weighted by Crippen LogP contribution is 2.23. The standard InChI is InChI=1S/C26H28ClN3O3S/c27-24-10-8-23(9-11-24)19-30(34(32,33)25-7-4-14-28-18-25)20-26(31)29-15-12-22(13-16-29)17-21-5-2-1-3-6-21/h1-11,14,18,22H,12-13,15-17,19-20H2. The molecule has 0 N–H and O–H groups in total. The lowest BCUT2D eigenvalue weighted by molar-refractivity contribution is -0.132. The molecule has 0 aliphatic carbocycles. The first kappa shape index (κ1) is 24.4. The Bertz CT molecular complexity index is 1180. The van der Waals surface area contributed by atoms with Crippen molar-refractivity contribution >= 4 is 27.5 Å². The van der Waals surface area contributed by atoms with E-state index in [9.17, 15) is 13.2 Å². The minimum atomic E-state index is -3.90. The minimum absolute atomic E-state index is 0.0679. The molecule has 2 heterocycles. The topological polar surface area (TPSA) is 70.6 Å². The van der Waals surface area contributed by atoms with Gasteiger partial charge in [0.15, 0.2) is 0 Å². The minimum Gasteiger partial charge on any atom is -0.342 e. The Morgan fingerprint density at radius 2 is 1.68 bits per heavy atom.